The van der Waals surface area contributed by atoms with Crippen molar-refractivity contribution in [2.45, 2.75) is 13.0 Å². The maximum Gasteiger partial charge on any atom is 0.131 e. The molecule has 0 saturated carbocycles. The van der Waals surface area contributed by atoms with E-state index in [1.165, 1.54) is 0 Å². The van der Waals surface area contributed by atoms with Crippen LogP contribution >= 0.6 is 11.6 Å². The molecule has 1 N–H and O–H groups in total. The molecule has 0 amide bonds. The normalized spacial score (nSPS) is 12.4. The summed E-state index contributed by atoms with van der Waals surface area (Å²) in [5.74, 6) is 0. The molecule has 0 bridgehead atoms. The van der Waals surface area contributed by atoms with Crippen molar-refractivity contribution in [2.24, 2.45) is 0 Å². The summed E-state index contributed by atoms with van der Waals surface area (Å²) >= 11 is 5.84. The predicted molar refractivity (Wildman–Crippen MR) is 64.5 cm³/mol. The van der Waals surface area contributed by atoms with E-state index in [4.69, 9.17) is 11.6 Å². The van der Waals surface area contributed by atoms with E-state index in [-0.39, 0.29) is 0 Å². The number of aryl methyl sites for hydroxylation is 1. The SMILES string of the molecule is Cc1cc(C(O)c2ccccc2)cnc1Cl. The van der Waals surface area contributed by atoms with Crippen molar-refractivity contribution in [2.75, 3.05) is 0 Å². The monoisotopic (exact) mass is 233 g/mol. The van der Waals surface area contributed by atoms with Crippen LogP contribution in [0.4, 0.5) is 0 Å². The second-order valence-corrected chi connectivity index (χ2v) is 4.05. The fourth-order valence-corrected chi connectivity index (χ4v) is 1.66. The number of hydrogen-bond donors (Lipinski definition) is 1. The Hall–Kier alpha value is -1.38. The summed E-state index contributed by atoms with van der Waals surface area (Å²) in [7, 11) is 0. The first-order valence-electron chi connectivity index (χ1n) is 5.03. The van der Waals surface area contributed by atoms with Gasteiger partial charge in [0.05, 0.1) is 0 Å². The Bertz CT molecular complexity index is 485. The molecule has 1 aromatic carbocycles. The molecule has 2 aromatic rings. The average molecular weight is 234 g/mol. The third-order valence-corrected chi connectivity index (χ3v) is 2.86. The Balaban J connectivity index is 2.34. The van der Waals surface area contributed by atoms with E-state index >= 15 is 0 Å². The summed E-state index contributed by atoms with van der Waals surface area (Å²) in [6.07, 6.45) is 0.956. The van der Waals surface area contributed by atoms with E-state index in [2.05, 4.69) is 4.98 Å². The van der Waals surface area contributed by atoms with Crippen LogP contribution < -0.4 is 0 Å². The quantitative estimate of drug-likeness (QED) is 0.809. The van der Waals surface area contributed by atoms with Crippen molar-refractivity contribution >= 4 is 11.6 Å². The molecule has 1 unspecified atom stereocenters. The number of benzene rings is 1. The summed E-state index contributed by atoms with van der Waals surface area (Å²) in [5.41, 5.74) is 2.48. The topological polar surface area (TPSA) is 33.1 Å². The highest BCUT2D eigenvalue weighted by atomic mass is 35.5. The van der Waals surface area contributed by atoms with Gasteiger partial charge in [0.1, 0.15) is 11.3 Å². The largest absolute Gasteiger partial charge is 0.384 e. The second kappa shape index (κ2) is 4.64. The first kappa shape index (κ1) is 11.1. The Morgan fingerprint density at radius 1 is 1.19 bits per heavy atom. The number of aliphatic hydroxyl groups is 1. The maximum atomic E-state index is 10.1. The summed E-state index contributed by atoms with van der Waals surface area (Å²) in [5, 5.41) is 10.6. The Morgan fingerprint density at radius 3 is 2.50 bits per heavy atom. The minimum absolute atomic E-state index is 0.476. The summed E-state index contributed by atoms with van der Waals surface area (Å²) in [6, 6.07) is 11.3. The summed E-state index contributed by atoms with van der Waals surface area (Å²) in [6.45, 7) is 1.87. The zero-order valence-electron chi connectivity index (χ0n) is 8.89. The summed E-state index contributed by atoms with van der Waals surface area (Å²) < 4.78 is 0. The molecule has 0 saturated heterocycles. The van der Waals surface area contributed by atoms with Gasteiger partial charge < -0.3 is 5.11 Å². The zero-order valence-corrected chi connectivity index (χ0v) is 9.65. The van der Waals surface area contributed by atoms with Crippen molar-refractivity contribution in [3.63, 3.8) is 0 Å². The van der Waals surface area contributed by atoms with Crippen LogP contribution in [0.5, 0.6) is 0 Å². The molecule has 2 nitrogen and oxygen atoms in total. The van der Waals surface area contributed by atoms with E-state index in [9.17, 15) is 5.11 Å². The van der Waals surface area contributed by atoms with E-state index in [0.717, 1.165) is 16.7 Å². The molecular formula is C13H12ClNO. The minimum atomic E-state index is -0.648. The van der Waals surface area contributed by atoms with Crippen LogP contribution in [0.1, 0.15) is 22.8 Å². The van der Waals surface area contributed by atoms with Crippen molar-refractivity contribution < 1.29 is 5.11 Å². The van der Waals surface area contributed by atoms with Gasteiger partial charge in [-0.25, -0.2) is 4.98 Å². The van der Waals surface area contributed by atoms with E-state index in [0.29, 0.717) is 5.15 Å². The molecule has 1 atom stereocenters. The van der Waals surface area contributed by atoms with Crippen LogP contribution in [0.2, 0.25) is 5.15 Å². The Labute approximate surface area is 99.5 Å². The van der Waals surface area contributed by atoms with Crippen molar-refractivity contribution in [3.8, 4) is 0 Å². The molecule has 82 valence electrons. The molecule has 0 aliphatic carbocycles. The van der Waals surface area contributed by atoms with Crippen LogP contribution in [-0.2, 0) is 0 Å². The highest BCUT2D eigenvalue weighted by molar-refractivity contribution is 6.30. The fraction of sp³-hybridized carbons (Fsp3) is 0.154. The first-order chi connectivity index (χ1) is 7.68. The molecule has 0 spiro atoms. The molecule has 0 radical (unpaired) electrons. The Kier molecular flexibility index (Phi) is 3.22. The number of nitrogens with zero attached hydrogens (tertiary/aromatic N) is 1. The van der Waals surface area contributed by atoms with Crippen molar-refractivity contribution in [1.82, 2.24) is 4.98 Å². The van der Waals surface area contributed by atoms with Gasteiger partial charge in [0.2, 0.25) is 0 Å². The molecule has 16 heavy (non-hydrogen) atoms. The predicted octanol–water partition coefficient (Wildman–Crippen LogP) is 3.13. The third-order valence-electron chi connectivity index (χ3n) is 2.47. The second-order valence-electron chi connectivity index (χ2n) is 3.69. The third kappa shape index (κ3) is 2.23. The van der Waals surface area contributed by atoms with Gasteiger partial charge in [0, 0.05) is 11.8 Å². The molecule has 1 aromatic heterocycles. The molecular weight excluding hydrogens is 222 g/mol. The molecule has 0 aliphatic heterocycles. The van der Waals surface area contributed by atoms with Crippen LogP contribution in [-0.4, -0.2) is 10.1 Å². The van der Waals surface area contributed by atoms with Crippen LogP contribution in [0.15, 0.2) is 42.6 Å². The lowest BCUT2D eigenvalue weighted by Gasteiger charge is -2.11. The standard InChI is InChI=1S/C13H12ClNO/c1-9-7-11(8-15-13(9)14)12(16)10-5-3-2-4-6-10/h2-8,12,16H,1H3. The minimum Gasteiger partial charge on any atom is -0.384 e. The van der Waals surface area contributed by atoms with Gasteiger partial charge in [0.15, 0.2) is 0 Å². The Morgan fingerprint density at radius 2 is 1.88 bits per heavy atom. The molecule has 1 heterocycles. The lowest BCUT2D eigenvalue weighted by molar-refractivity contribution is 0.220. The molecule has 2 rings (SSSR count). The van der Waals surface area contributed by atoms with Crippen LogP contribution in [0, 0.1) is 6.92 Å². The smallest absolute Gasteiger partial charge is 0.131 e. The van der Waals surface area contributed by atoms with Gasteiger partial charge in [-0.1, -0.05) is 41.9 Å². The van der Waals surface area contributed by atoms with E-state index < -0.39 is 6.10 Å². The molecule has 3 heteroatoms. The highest BCUT2D eigenvalue weighted by Gasteiger charge is 2.11. The van der Waals surface area contributed by atoms with Gasteiger partial charge in [-0.3, -0.25) is 0 Å². The number of halogens is 1. The maximum absolute atomic E-state index is 10.1. The lowest BCUT2D eigenvalue weighted by atomic mass is 10.0. The van der Waals surface area contributed by atoms with Gasteiger partial charge in [-0.15, -0.1) is 0 Å². The van der Waals surface area contributed by atoms with Crippen LogP contribution in [0.25, 0.3) is 0 Å². The molecule has 0 fully saturated rings. The molecule has 0 aliphatic rings. The van der Waals surface area contributed by atoms with E-state index in [1.54, 1.807) is 6.20 Å². The van der Waals surface area contributed by atoms with E-state index in [1.807, 2.05) is 43.3 Å². The van der Waals surface area contributed by atoms with Gasteiger partial charge in [0.25, 0.3) is 0 Å². The van der Waals surface area contributed by atoms with Crippen molar-refractivity contribution in [3.05, 3.63) is 64.4 Å². The van der Waals surface area contributed by atoms with Gasteiger partial charge in [-0.2, -0.15) is 0 Å². The average Bonchev–Trinajstić information content (AvgIpc) is 2.33. The number of rotatable bonds is 2. The highest BCUT2D eigenvalue weighted by Crippen LogP contribution is 2.23. The number of hydrogen-bond acceptors (Lipinski definition) is 2. The lowest BCUT2D eigenvalue weighted by Crippen LogP contribution is -2.00. The first-order valence-corrected chi connectivity index (χ1v) is 5.41. The fourth-order valence-electron chi connectivity index (χ4n) is 1.56. The van der Waals surface area contributed by atoms with Crippen molar-refractivity contribution in [1.29, 1.82) is 0 Å². The number of pyridine rings is 1. The zero-order chi connectivity index (χ0) is 11.5. The number of aromatic nitrogens is 1. The number of aliphatic hydroxyl groups excluding tert-OH is 1. The van der Waals surface area contributed by atoms with Crippen LogP contribution in [0.3, 0.4) is 0 Å². The van der Waals surface area contributed by atoms with Gasteiger partial charge >= 0.3 is 0 Å². The summed E-state index contributed by atoms with van der Waals surface area (Å²) in [4.78, 5) is 4.03. The van der Waals surface area contributed by atoms with Gasteiger partial charge in [-0.05, 0) is 24.1 Å².